The van der Waals surface area contributed by atoms with Gasteiger partial charge in [-0.3, -0.25) is 4.79 Å². The normalized spacial score (nSPS) is 13.1. The molecule has 0 bridgehead atoms. The van der Waals surface area contributed by atoms with Crippen LogP contribution in [0.4, 0.5) is 5.95 Å². The lowest BCUT2D eigenvalue weighted by Gasteiger charge is -2.17. The number of amides is 1. The van der Waals surface area contributed by atoms with Crippen LogP contribution in [0.1, 0.15) is 27.3 Å². The van der Waals surface area contributed by atoms with Gasteiger partial charge in [0.2, 0.25) is 16.0 Å². The number of hydrogen-bond donors (Lipinski definition) is 2. The van der Waals surface area contributed by atoms with Gasteiger partial charge in [-0.05, 0) is 34.9 Å². The van der Waals surface area contributed by atoms with Crippen LogP contribution in [0.25, 0.3) is 22.0 Å². The van der Waals surface area contributed by atoms with Crippen molar-refractivity contribution in [2.24, 2.45) is 7.05 Å². The molecule has 1 aliphatic heterocycles. The first-order valence-corrected chi connectivity index (χ1v) is 13.8. The quantitative estimate of drug-likeness (QED) is 0.338. The summed E-state index contributed by atoms with van der Waals surface area (Å²) in [6.07, 6.45) is 3.22. The number of sulfonamides is 1. The van der Waals surface area contributed by atoms with Crippen molar-refractivity contribution in [3.63, 3.8) is 0 Å². The number of nitrogens with zero attached hydrogens (tertiary/aromatic N) is 5. The molecule has 0 atom stereocenters. The highest BCUT2D eigenvalue weighted by molar-refractivity contribution is 7.89. The van der Waals surface area contributed by atoms with E-state index in [-0.39, 0.29) is 29.0 Å². The zero-order chi connectivity index (χ0) is 27.1. The molecule has 1 aliphatic rings. The molecule has 11 heteroatoms. The monoisotopic (exact) mass is 539 g/mol. The topological polar surface area (TPSA) is 136 Å². The lowest BCUT2D eigenvalue weighted by Crippen LogP contribution is -2.27. The summed E-state index contributed by atoms with van der Waals surface area (Å²) in [5.41, 5.74) is 10.7. The first-order chi connectivity index (χ1) is 18.8. The second kappa shape index (κ2) is 9.61. The van der Waals surface area contributed by atoms with E-state index < -0.39 is 10.0 Å². The largest absolute Gasteiger partial charge is 0.368 e. The number of nitrogens with two attached hydrogens (primary N) is 1. The fourth-order valence-corrected chi connectivity index (χ4v) is 6.07. The van der Waals surface area contributed by atoms with Crippen molar-refractivity contribution in [2.45, 2.75) is 24.5 Å². The lowest BCUT2D eigenvalue weighted by atomic mass is 10.0. The van der Waals surface area contributed by atoms with E-state index in [1.165, 1.54) is 0 Å². The van der Waals surface area contributed by atoms with Crippen LogP contribution >= 0.6 is 0 Å². The van der Waals surface area contributed by atoms with Gasteiger partial charge in [0.25, 0.3) is 5.91 Å². The van der Waals surface area contributed by atoms with Crippen molar-refractivity contribution in [3.05, 3.63) is 102 Å². The van der Waals surface area contributed by atoms with Crippen LogP contribution in [0.15, 0.2) is 84.1 Å². The zero-order valence-electron chi connectivity index (χ0n) is 21.1. The Balaban J connectivity index is 1.38. The van der Waals surface area contributed by atoms with Crippen LogP contribution in [-0.4, -0.2) is 38.7 Å². The second-order valence-corrected chi connectivity index (χ2v) is 11.1. The Morgan fingerprint density at radius 3 is 2.44 bits per heavy atom. The smallest absolute Gasteiger partial charge is 0.273 e. The van der Waals surface area contributed by atoms with Crippen LogP contribution in [0, 0.1) is 0 Å². The zero-order valence-corrected chi connectivity index (χ0v) is 21.9. The summed E-state index contributed by atoms with van der Waals surface area (Å²) in [5.74, 6) is -0.265. The molecular weight excluding hydrogens is 514 g/mol. The molecule has 3 aromatic carbocycles. The average molecular weight is 540 g/mol. The number of nitrogens with one attached hydrogen (secondary N) is 1. The minimum Gasteiger partial charge on any atom is -0.368 e. The van der Waals surface area contributed by atoms with Crippen molar-refractivity contribution in [1.82, 2.24) is 29.1 Å². The Hall–Kier alpha value is -4.61. The summed E-state index contributed by atoms with van der Waals surface area (Å²) in [4.78, 5) is 28.2. The minimum atomic E-state index is -3.88. The Morgan fingerprint density at radius 2 is 1.72 bits per heavy atom. The van der Waals surface area contributed by atoms with Crippen LogP contribution in [0.2, 0.25) is 0 Å². The molecular formula is C28H25N7O3S. The number of benzene rings is 3. The van der Waals surface area contributed by atoms with Gasteiger partial charge >= 0.3 is 0 Å². The average Bonchev–Trinajstić information content (AvgIpc) is 3.56. The molecule has 1 amide bonds. The first-order valence-electron chi connectivity index (χ1n) is 12.3. The third kappa shape index (κ3) is 4.62. The summed E-state index contributed by atoms with van der Waals surface area (Å²) in [7, 11) is -2.08. The van der Waals surface area contributed by atoms with Gasteiger partial charge in [-0.1, -0.05) is 48.5 Å². The molecule has 0 radical (unpaired) electrons. The number of nitrogen functional groups attached to an aromatic ring is 1. The van der Waals surface area contributed by atoms with Crippen LogP contribution in [-0.2, 0) is 36.7 Å². The van der Waals surface area contributed by atoms with Gasteiger partial charge in [-0.25, -0.2) is 28.1 Å². The van der Waals surface area contributed by atoms with Crippen molar-refractivity contribution < 1.29 is 13.2 Å². The van der Waals surface area contributed by atoms with Crippen LogP contribution in [0.3, 0.4) is 0 Å². The Morgan fingerprint density at radius 1 is 1.00 bits per heavy atom. The van der Waals surface area contributed by atoms with Crippen LogP contribution < -0.4 is 10.5 Å². The summed E-state index contributed by atoms with van der Waals surface area (Å²) >= 11 is 0. The molecule has 2 aromatic heterocycles. The maximum absolute atomic E-state index is 13.6. The third-order valence-electron chi connectivity index (χ3n) is 6.89. The van der Waals surface area contributed by atoms with E-state index in [1.54, 1.807) is 71.5 Å². The molecule has 3 heterocycles. The van der Waals surface area contributed by atoms with E-state index >= 15 is 0 Å². The summed E-state index contributed by atoms with van der Waals surface area (Å²) in [6, 6.07) is 19.9. The number of carbonyl (C=O) groups is 1. The number of imidazole rings is 1. The second-order valence-electron chi connectivity index (χ2n) is 9.41. The standard InChI is InChI=1S/C28H25N7O3S/c1-34-17-30-13-21(34)14-31-39(37,38)25-9-5-4-8-22(25)18-10-11-24-23(12-18)26(33-28(29)32-24)27(36)35-15-19-6-2-3-7-20(19)16-35/h2-13,17,31H,14-16H2,1H3,(H2,29,32,33). The van der Waals surface area contributed by atoms with E-state index in [4.69, 9.17) is 5.73 Å². The Labute approximate surface area is 225 Å². The van der Waals surface area contributed by atoms with Crippen LogP contribution in [0.5, 0.6) is 0 Å². The van der Waals surface area contributed by atoms with E-state index in [9.17, 15) is 13.2 Å². The SMILES string of the molecule is Cn1cncc1CNS(=O)(=O)c1ccccc1-c1ccc2nc(N)nc(C(=O)N3Cc4ccccc4C3)c2c1. The van der Waals surface area contributed by atoms with Gasteiger partial charge in [0, 0.05) is 37.3 Å². The molecule has 0 saturated carbocycles. The fraction of sp³-hybridized carbons (Fsp3) is 0.143. The van der Waals surface area contributed by atoms with Gasteiger partial charge < -0.3 is 15.2 Å². The highest BCUT2D eigenvalue weighted by Crippen LogP contribution is 2.32. The van der Waals surface area contributed by atoms with Gasteiger partial charge in [0.15, 0.2) is 0 Å². The summed E-state index contributed by atoms with van der Waals surface area (Å²) < 4.78 is 31.1. The highest BCUT2D eigenvalue weighted by Gasteiger charge is 2.27. The van der Waals surface area contributed by atoms with Crippen molar-refractivity contribution in [2.75, 3.05) is 5.73 Å². The molecule has 196 valence electrons. The van der Waals surface area contributed by atoms with Crippen molar-refractivity contribution in [1.29, 1.82) is 0 Å². The van der Waals surface area contributed by atoms with E-state index in [0.29, 0.717) is 35.1 Å². The third-order valence-corrected chi connectivity index (χ3v) is 8.35. The van der Waals surface area contributed by atoms with E-state index in [0.717, 1.165) is 16.8 Å². The number of rotatable bonds is 6. The number of aromatic nitrogens is 4. The Bertz CT molecular complexity index is 1820. The maximum atomic E-state index is 13.6. The summed E-state index contributed by atoms with van der Waals surface area (Å²) in [6.45, 7) is 1.04. The first kappa shape index (κ1) is 24.7. The highest BCUT2D eigenvalue weighted by atomic mass is 32.2. The molecule has 3 N–H and O–H groups in total. The van der Waals surface area contributed by atoms with Crippen molar-refractivity contribution in [3.8, 4) is 11.1 Å². The lowest BCUT2D eigenvalue weighted by molar-refractivity contribution is 0.0747. The molecule has 6 rings (SSSR count). The Kier molecular flexibility index (Phi) is 6.09. The molecule has 0 aliphatic carbocycles. The predicted octanol–water partition coefficient (Wildman–Crippen LogP) is 3.25. The molecule has 39 heavy (non-hydrogen) atoms. The minimum absolute atomic E-state index is 0.00217. The number of fused-ring (bicyclic) bond motifs is 2. The predicted molar refractivity (Wildman–Crippen MR) is 147 cm³/mol. The number of hydrogen-bond acceptors (Lipinski definition) is 7. The molecule has 10 nitrogen and oxygen atoms in total. The molecule has 0 unspecified atom stereocenters. The molecule has 0 fully saturated rings. The number of anilines is 1. The van der Waals surface area contributed by atoms with Gasteiger partial charge in [0.1, 0.15) is 5.69 Å². The van der Waals surface area contributed by atoms with E-state index in [2.05, 4.69) is 19.7 Å². The molecule has 0 saturated heterocycles. The molecule has 0 spiro atoms. The number of aryl methyl sites for hydroxylation is 1. The number of carbonyl (C=O) groups excluding carboxylic acids is 1. The van der Waals surface area contributed by atoms with Gasteiger partial charge in [-0.15, -0.1) is 0 Å². The fourth-order valence-electron chi connectivity index (χ4n) is 4.84. The van der Waals surface area contributed by atoms with Gasteiger partial charge in [-0.2, -0.15) is 0 Å². The van der Waals surface area contributed by atoms with E-state index in [1.807, 2.05) is 24.3 Å². The van der Waals surface area contributed by atoms with Crippen molar-refractivity contribution >= 4 is 32.8 Å². The molecule has 5 aromatic rings. The summed E-state index contributed by atoms with van der Waals surface area (Å²) in [5, 5.41) is 0.498. The van der Waals surface area contributed by atoms with Gasteiger partial charge in [0.05, 0.1) is 29.0 Å². The maximum Gasteiger partial charge on any atom is 0.273 e.